The second kappa shape index (κ2) is 8.96. The Kier molecular flexibility index (Phi) is 5.86. The smallest absolute Gasteiger partial charge is 0.254 e. The number of rotatable bonds is 8. The fourth-order valence-electron chi connectivity index (χ4n) is 4.69. The number of ketones is 1. The van der Waals surface area contributed by atoms with Crippen LogP contribution in [-0.2, 0) is 14.4 Å². The molecule has 5 rings (SSSR count). The van der Waals surface area contributed by atoms with Crippen LogP contribution in [0.3, 0.4) is 0 Å². The van der Waals surface area contributed by atoms with Gasteiger partial charge in [-0.15, -0.1) is 0 Å². The summed E-state index contributed by atoms with van der Waals surface area (Å²) in [6.45, 7) is 1.93. The molecule has 2 amide bonds. The highest BCUT2D eigenvalue weighted by molar-refractivity contribution is 6.15. The molecule has 174 valence electrons. The van der Waals surface area contributed by atoms with Crippen LogP contribution in [0.1, 0.15) is 70.3 Å². The van der Waals surface area contributed by atoms with E-state index >= 15 is 0 Å². The molecule has 3 heterocycles. The van der Waals surface area contributed by atoms with Crippen molar-refractivity contribution in [3.63, 3.8) is 0 Å². The number of fused-ring (bicyclic) bond motifs is 1. The van der Waals surface area contributed by atoms with Crippen molar-refractivity contribution in [3.8, 4) is 0 Å². The van der Waals surface area contributed by atoms with E-state index in [4.69, 9.17) is 4.98 Å². The standard InChI is InChI=1S/C24H30N6O3/c1-2-19(31)9-14-3-5-17(6-4-14)26-20-12-21(27-18-7-8-18)30-23(28-20)16(13-25-30)10-15-11-22(32)29-24(15)33/h10,12-14,17-18,27H,2-9,11H2,1H3,(H,26,28)(H,29,32,33)/b15-10+. The third-order valence-electron chi connectivity index (χ3n) is 6.76. The molecule has 0 unspecified atom stereocenters. The van der Waals surface area contributed by atoms with Crippen molar-refractivity contribution in [1.29, 1.82) is 0 Å². The molecule has 2 aromatic heterocycles. The van der Waals surface area contributed by atoms with E-state index in [9.17, 15) is 14.4 Å². The zero-order chi connectivity index (χ0) is 22.9. The number of aromatic nitrogens is 3. The Morgan fingerprint density at radius 1 is 1.15 bits per heavy atom. The molecule has 3 fully saturated rings. The Hall–Kier alpha value is -3.23. The van der Waals surface area contributed by atoms with Crippen molar-refractivity contribution in [2.75, 3.05) is 10.6 Å². The minimum Gasteiger partial charge on any atom is -0.367 e. The summed E-state index contributed by atoms with van der Waals surface area (Å²) in [5.41, 5.74) is 1.77. The van der Waals surface area contributed by atoms with Crippen LogP contribution in [0.5, 0.6) is 0 Å². The number of hydrogen-bond acceptors (Lipinski definition) is 7. The number of carbonyl (C=O) groups excluding carboxylic acids is 3. The van der Waals surface area contributed by atoms with E-state index in [1.807, 2.05) is 13.0 Å². The molecule has 2 aromatic rings. The SMILES string of the molecule is CCC(=O)CC1CCC(Nc2cc(NC3CC3)n3ncc(/C=C4\CC(=O)NC4=O)c3n2)CC1. The van der Waals surface area contributed by atoms with Gasteiger partial charge in [0.2, 0.25) is 5.91 Å². The summed E-state index contributed by atoms with van der Waals surface area (Å²) >= 11 is 0. The summed E-state index contributed by atoms with van der Waals surface area (Å²) in [5.74, 6) is 1.84. The molecule has 0 atom stereocenters. The predicted octanol–water partition coefficient (Wildman–Crippen LogP) is 3.07. The molecule has 1 saturated heterocycles. The molecule has 0 spiro atoms. The first-order valence-electron chi connectivity index (χ1n) is 12.0. The number of nitrogens with one attached hydrogen (secondary N) is 3. The molecule has 2 aliphatic carbocycles. The van der Waals surface area contributed by atoms with Gasteiger partial charge < -0.3 is 10.6 Å². The van der Waals surface area contributed by atoms with E-state index in [-0.39, 0.29) is 18.2 Å². The number of Topliss-reactive ketones (excluding diaryl/α,β-unsaturated/α-hetero) is 1. The summed E-state index contributed by atoms with van der Waals surface area (Å²) in [7, 11) is 0. The average Bonchev–Trinajstić information content (AvgIpc) is 3.43. The van der Waals surface area contributed by atoms with E-state index in [0.29, 0.717) is 53.4 Å². The number of nitrogens with zero attached hydrogens (tertiary/aromatic N) is 3. The lowest BCUT2D eigenvalue weighted by atomic mass is 9.83. The highest BCUT2D eigenvalue weighted by Crippen LogP contribution is 2.31. The molecular weight excluding hydrogens is 420 g/mol. The Balaban J connectivity index is 1.37. The Morgan fingerprint density at radius 3 is 2.55 bits per heavy atom. The van der Waals surface area contributed by atoms with Crippen LogP contribution < -0.4 is 16.0 Å². The van der Waals surface area contributed by atoms with E-state index in [0.717, 1.165) is 50.2 Å². The lowest BCUT2D eigenvalue weighted by Crippen LogP contribution is -2.27. The lowest BCUT2D eigenvalue weighted by Gasteiger charge is -2.29. The first kappa shape index (κ1) is 21.6. The van der Waals surface area contributed by atoms with Crippen molar-refractivity contribution in [2.24, 2.45) is 5.92 Å². The van der Waals surface area contributed by atoms with Crippen LogP contribution in [0, 0.1) is 5.92 Å². The number of imide groups is 1. The Bertz CT molecular complexity index is 1120. The molecule has 3 N–H and O–H groups in total. The fourth-order valence-corrected chi connectivity index (χ4v) is 4.69. The second-order valence-electron chi connectivity index (χ2n) is 9.46. The van der Waals surface area contributed by atoms with Gasteiger partial charge >= 0.3 is 0 Å². The number of carbonyl (C=O) groups is 3. The van der Waals surface area contributed by atoms with Gasteiger partial charge in [0.1, 0.15) is 17.4 Å². The minimum atomic E-state index is -0.358. The molecule has 9 nitrogen and oxygen atoms in total. The van der Waals surface area contributed by atoms with E-state index < -0.39 is 0 Å². The summed E-state index contributed by atoms with van der Waals surface area (Å²) in [6.07, 6.45) is 11.2. The van der Waals surface area contributed by atoms with Crippen LogP contribution in [0.2, 0.25) is 0 Å². The van der Waals surface area contributed by atoms with Gasteiger partial charge in [0.15, 0.2) is 5.65 Å². The first-order valence-corrected chi connectivity index (χ1v) is 12.0. The van der Waals surface area contributed by atoms with E-state index in [1.165, 1.54) is 0 Å². The topological polar surface area (TPSA) is 117 Å². The molecular formula is C24H30N6O3. The van der Waals surface area contributed by atoms with Crippen LogP contribution in [0.4, 0.5) is 11.6 Å². The van der Waals surface area contributed by atoms with Crippen molar-refractivity contribution in [1.82, 2.24) is 19.9 Å². The first-order chi connectivity index (χ1) is 16.0. The Labute approximate surface area is 192 Å². The predicted molar refractivity (Wildman–Crippen MR) is 125 cm³/mol. The van der Waals surface area contributed by atoms with Crippen molar-refractivity contribution >= 4 is 41.0 Å². The number of hydrogen-bond donors (Lipinski definition) is 3. The molecule has 2 saturated carbocycles. The lowest BCUT2D eigenvalue weighted by molar-refractivity contribution is -0.124. The Morgan fingerprint density at radius 2 is 1.88 bits per heavy atom. The van der Waals surface area contributed by atoms with Crippen LogP contribution in [-0.4, -0.2) is 44.3 Å². The normalized spacial score (nSPS) is 24.3. The average molecular weight is 451 g/mol. The third-order valence-corrected chi connectivity index (χ3v) is 6.76. The monoisotopic (exact) mass is 450 g/mol. The summed E-state index contributed by atoms with van der Waals surface area (Å²) in [4.78, 5) is 40.2. The second-order valence-corrected chi connectivity index (χ2v) is 9.46. The van der Waals surface area contributed by atoms with Crippen molar-refractivity contribution in [3.05, 3.63) is 23.4 Å². The molecule has 9 heteroatoms. The third kappa shape index (κ3) is 4.91. The van der Waals surface area contributed by atoms with Gasteiger partial charge in [-0.25, -0.2) is 4.98 Å². The van der Waals surface area contributed by atoms with Gasteiger partial charge in [0.05, 0.1) is 12.6 Å². The fraction of sp³-hybridized carbons (Fsp3) is 0.542. The summed E-state index contributed by atoms with van der Waals surface area (Å²) < 4.78 is 1.76. The highest BCUT2D eigenvalue weighted by atomic mass is 16.2. The van der Waals surface area contributed by atoms with Gasteiger partial charge in [0.25, 0.3) is 5.91 Å². The van der Waals surface area contributed by atoms with Crippen LogP contribution >= 0.6 is 0 Å². The highest BCUT2D eigenvalue weighted by Gasteiger charge is 2.27. The number of amides is 2. The van der Waals surface area contributed by atoms with E-state index in [1.54, 1.807) is 16.8 Å². The van der Waals surface area contributed by atoms with Gasteiger partial charge in [-0.2, -0.15) is 9.61 Å². The van der Waals surface area contributed by atoms with Crippen LogP contribution in [0.15, 0.2) is 17.8 Å². The van der Waals surface area contributed by atoms with Crippen LogP contribution in [0.25, 0.3) is 11.7 Å². The maximum Gasteiger partial charge on any atom is 0.254 e. The minimum absolute atomic E-state index is 0.0745. The maximum absolute atomic E-state index is 12.0. The molecule has 0 aromatic carbocycles. The zero-order valence-electron chi connectivity index (χ0n) is 18.9. The quantitative estimate of drug-likeness (QED) is 0.418. The summed E-state index contributed by atoms with van der Waals surface area (Å²) in [6, 6.07) is 2.75. The van der Waals surface area contributed by atoms with Gasteiger partial charge in [-0.05, 0) is 50.5 Å². The zero-order valence-corrected chi connectivity index (χ0v) is 18.9. The van der Waals surface area contributed by atoms with E-state index in [2.05, 4.69) is 21.0 Å². The largest absolute Gasteiger partial charge is 0.367 e. The van der Waals surface area contributed by atoms with Gasteiger partial charge in [-0.3, -0.25) is 19.7 Å². The molecule has 0 bridgehead atoms. The van der Waals surface area contributed by atoms with Crippen molar-refractivity contribution in [2.45, 2.75) is 76.8 Å². The number of anilines is 2. The van der Waals surface area contributed by atoms with Gasteiger partial charge in [-0.1, -0.05) is 6.92 Å². The molecule has 33 heavy (non-hydrogen) atoms. The van der Waals surface area contributed by atoms with Gasteiger partial charge in [0, 0.05) is 42.1 Å². The molecule has 1 aliphatic heterocycles. The maximum atomic E-state index is 12.0. The molecule has 0 radical (unpaired) electrons. The van der Waals surface area contributed by atoms with Crippen molar-refractivity contribution < 1.29 is 14.4 Å². The summed E-state index contributed by atoms with van der Waals surface area (Å²) in [5, 5.41) is 13.9. The molecule has 3 aliphatic rings.